The fourth-order valence-electron chi connectivity index (χ4n) is 3.75. The van der Waals surface area contributed by atoms with Gasteiger partial charge in [0.2, 0.25) is 0 Å². The van der Waals surface area contributed by atoms with E-state index in [-0.39, 0.29) is 17.2 Å². The molecule has 0 aliphatic carbocycles. The van der Waals surface area contributed by atoms with Crippen LogP contribution in [0.3, 0.4) is 0 Å². The lowest BCUT2D eigenvalue weighted by atomic mass is 9.87. The summed E-state index contributed by atoms with van der Waals surface area (Å²) in [6, 6.07) is 24.8. The van der Waals surface area contributed by atoms with Crippen molar-refractivity contribution in [1.29, 1.82) is 0 Å². The zero-order valence-corrected chi connectivity index (χ0v) is 18.3. The van der Waals surface area contributed by atoms with Gasteiger partial charge in [-0.15, -0.1) is 0 Å². The standard InChI is InChI=1S/C27H26N2O2/c1-18-10-8-9-13-22(18)29-25(30)23(19-11-6-5-7-12-19)24(26(29)31)28-21-16-14-20(15-17-21)27(2,3)4/h5-17,28H,1-4H3. The van der Waals surface area contributed by atoms with Crippen LogP contribution in [0, 0.1) is 6.92 Å². The second kappa shape index (κ2) is 7.88. The Hall–Kier alpha value is -3.66. The van der Waals surface area contributed by atoms with Crippen LogP contribution in [-0.4, -0.2) is 11.8 Å². The second-order valence-electron chi connectivity index (χ2n) is 8.80. The lowest BCUT2D eigenvalue weighted by Crippen LogP contribution is -2.33. The topological polar surface area (TPSA) is 49.4 Å². The van der Waals surface area contributed by atoms with E-state index in [4.69, 9.17) is 0 Å². The quantitative estimate of drug-likeness (QED) is 0.562. The van der Waals surface area contributed by atoms with Gasteiger partial charge in [0.05, 0.1) is 11.3 Å². The van der Waals surface area contributed by atoms with E-state index < -0.39 is 0 Å². The van der Waals surface area contributed by atoms with Gasteiger partial charge >= 0.3 is 0 Å². The summed E-state index contributed by atoms with van der Waals surface area (Å²) < 4.78 is 0. The Morgan fingerprint density at radius 3 is 1.97 bits per heavy atom. The molecule has 3 aromatic rings. The highest BCUT2D eigenvalue weighted by Crippen LogP contribution is 2.35. The molecule has 4 heteroatoms. The van der Waals surface area contributed by atoms with Crippen LogP contribution in [0.1, 0.15) is 37.5 Å². The summed E-state index contributed by atoms with van der Waals surface area (Å²) in [6.45, 7) is 8.37. The van der Waals surface area contributed by atoms with Crippen LogP contribution in [0.25, 0.3) is 5.57 Å². The van der Waals surface area contributed by atoms with Crippen LogP contribution < -0.4 is 10.2 Å². The van der Waals surface area contributed by atoms with Crippen molar-refractivity contribution in [2.24, 2.45) is 0 Å². The summed E-state index contributed by atoms with van der Waals surface area (Å²) in [7, 11) is 0. The van der Waals surface area contributed by atoms with Crippen LogP contribution in [0.5, 0.6) is 0 Å². The molecule has 0 spiro atoms. The van der Waals surface area contributed by atoms with Gasteiger partial charge in [-0.1, -0.05) is 81.4 Å². The molecule has 0 bridgehead atoms. The monoisotopic (exact) mass is 410 g/mol. The summed E-state index contributed by atoms with van der Waals surface area (Å²) in [4.78, 5) is 28.2. The molecule has 1 heterocycles. The molecular formula is C27H26N2O2. The molecule has 3 aromatic carbocycles. The minimum Gasteiger partial charge on any atom is -0.350 e. The number of aryl methyl sites for hydroxylation is 1. The zero-order valence-electron chi connectivity index (χ0n) is 18.3. The van der Waals surface area contributed by atoms with Crippen molar-refractivity contribution >= 4 is 28.8 Å². The molecule has 0 unspecified atom stereocenters. The maximum atomic E-state index is 13.5. The number of imide groups is 1. The first-order valence-corrected chi connectivity index (χ1v) is 10.4. The number of hydrogen-bond acceptors (Lipinski definition) is 3. The normalized spacial score (nSPS) is 14.4. The molecule has 1 aliphatic rings. The molecule has 0 atom stereocenters. The van der Waals surface area contributed by atoms with Gasteiger partial charge in [0.1, 0.15) is 5.70 Å². The number of carbonyl (C=O) groups excluding carboxylic acids is 2. The Kier molecular flexibility index (Phi) is 5.24. The molecule has 0 saturated heterocycles. The van der Waals surface area contributed by atoms with E-state index in [1.165, 1.54) is 10.5 Å². The van der Waals surface area contributed by atoms with Crippen LogP contribution in [0.15, 0.2) is 84.6 Å². The van der Waals surface area contributed by atoms with Gasteiger partial charge in [-0.2, -0.15) is 0 Å². The van der Waals surface area contributed by atoms with E-state index in [0.717, 1.165) is 11.3 Å². The Bertz CT molecular complexity index is 1170. The Balaban J connectivity index is 1.78. The highest BCUT2D eigenvalue weighted by molar-refractivity contribution is 6.46. The van der Waals surface area contributed by atoms with Crippen molar-refractivity contribution in [3.63, 3.8) is 0 Å². The first kappa shape index (κ1) is 20.6. The van der Waals surface area contributed by atoms with Crippen molar-refractivity contribution in [1.82, 2.24) is 0 Å². The summed E-state index contributed by atoms with van der Waals surface area (Å²) in [5.74, 6) is -0.669. The van der Waals surface area contributed by atoms with E-state index in [2.05, 4.69) is 26.1 Å². The molecule has 0 aromatic heterocycles. The number of amides is 2. The third-order valence-corrected chi connectivity index (χ3v) is 5.52. The predicted octanol–water partition coefficient (Wildman–Crippen LogP) is 5.69. The highest BCUT2D eigenvalue weighted by Gasteiger charge is 2.40. The Morgan fingerprint density at radius 2 is 1.35 bits per heavy atom. The largest absolute Gasteiger partial charge is 0.350 e. The molecule has 1 N–H and O–H groups in total. The van der Waals surface area contributed by atoms with Crippen molar-refractivity contribution in [3.05, 3.63) is 101 Å². The van der Waals surface area contributed by atoms with E-state index in [1.807, 2.05) is 79.7 Å². The van der Waals surface area contributed by atoms with Crippen molar-refractivity contribution in [3.8, 4) is 0 Å². The van der Waals surface area contributed by atoms with Gasteiger partial charge in [-0.25, -0.2) is 4.90 Å². The third-order valence-electron chi connectivity index (χ3n) is 5.52. The van der Waals surface area contributed by atoms with E-state index in [1.54, 1.807) is 6.07 Å². The highest BCUT2D eigenvalue weighted by atomic mass is 16.2. The maximum absolute atomic E-state index is 13.5. The molecule has 1 aliphatic heterocycles. The fourth-order valence-corrected chi connectivity index (χ4v) is 3.75. The smallest absolute Gasteiger partial charge is 0.282 e. The summed E-state index contributed by atoms with van der Waals surface area (Å²) in [6.07, 6.45) is 0. The van der Waals surface area contributed by atoms with Crippen molar-refractivity contribution in [2.45, 2.75) is 33.1 Å². The minimum atomic E-state index is -0.349. The van der Waals surface area contributed by atoms with Gasteiger partial charge < -0.3 is 5.32 Å². The van der Waals surface area contributed by atoms with E-state index in [9.17, 15) is 9.59 Å². The SMILES string of the molecule is Cc1ccccc1N1C(=O)C(Nc2ccc(C(C)(C)C)cc2)=C(c2ccccc2)C1=O. The molecule has 4 nitrogen and oxygen atoms in total. The molecule has 2 amide bonds. The summed E-state index contributed by atoms with van der Waals surface area (Å²) in [5, 5.41) is 3.24. The van der Waals surface area contributed by atoms with Crippen LogP contribution in [0.4, 0.5) is 11.4 Å². The average molecular weight is 411 g/mol. The minimum absolute atomic E-state index is 0.0355. The van der Waals surface area contributed by atoms with Crippen molar-refractivity contribution in [2.75, 3.05) is 10.2 Å². The zero-order chi connectivity index (χ0) is 22.2. The lowest BCUT2D eigenvalue weighted by molar-refractivity contribution is -0.120. The third kappa shape index (κ3) is 3.89. The average Bonchev–Trinajstić information content (AvgIpc) is 2.98. The predicted molar refractivity (Wildman–Crippen MR) is 126 cm³/mol. The van der Waals surface area contributed by atoms with Gasteiger partial charge in [0.15, 0.2) is 0 Å². The number of para-hydroxylation sites is 1. The molecule has 0 fully saturated rings. The number of carbonyl (C=O) groups is 2. The molecule has 4 rings (SSSR count). The first-order valence-electron chi connectivity index (χ1n) is 10.4. The Morgan fingerprint density at radius 1 is 0.742 bits per heavy atom. The lowest BCUT2D eigenvalue weighted by Gasteiger charge is -2.19. The van der Waals surface area contributed by atoms with Gasteiger partial charge in [0.25, 0.3) is 11.8 Å². The molecular weight excluding hydrogens is 384 g/mol. The maximum Gasteiger partial charge on any atom is 0.282 e. The van der Waals surface area contributed by atoms with E-state index >= 15 is 0 Å². The van der Waals surface area contributed by atoms with Gasteiger partial charge in [-0.05, 0) is 47.2 Å². The number of nitrogens with one attached hydrogen (secondary N) is 1. The first-order chi connectivity index (χ1) is 14.8. The van der Waals surface area contributed by atoms with E-state index in [0.29, 0.717) is 22.5 Å². The van der Waals surface area contributed by atoms with Gasteiger partial charge in [-0.3, -0.25) is 9.59 Å². The summed E-state index contributed by atoms with van der Waals surface area (Å²) >= 11 is 0. The number of rotatable bonds is 4. The number of anilines is 2. The summed E-state index contributed by atoms with van der Waals surface area (Å²) in [5.41, 5.74) is 4.86. The second-order valence-corrected chi connectivity index (χ2v) is 8.80. The molecule has 0 radical (unpaired) electrons. The van der Waals surface area contributed by atoms with Crippen LogP contribution in [0.2, 0.25) is 0 Å². The van der Waals surface area contributed by atoms with Crippen molar-refractivity contribution < 1.29 is 9.59 Å². The molecule has 156 valence electrons. The number of benzene rings is 3. The fraction of sp³-hybridized carbons (Fsp3) is 0.185. The number of nitrogens with zero attached hydrogens (tertiary/aromatic N) is 1. The number of hydrogen-bond donors (Lipinski definition) is 1. The Labute approximate surface area is 183 Å². The van der Waals surface area contributed by atoms with Crippen LogP contribution in [-0.2, 0) is 15.0 Å². The molecule has 0 saturated carbocycles. The van der Waals surface area contributed by atoms with Gasteiger partial charge in [0, 0.05) is 5.69 Å². The van der Waals surface area contributed by atoms with Crippen LogP contribution >= 0.6 is 0 Å². The molecule has 31 heavy (non-hydrogen) atoms.